The van der Waals surface area contributed by atoms with Crippen LogP contribution >= 0.6 is 0 Å². The van der Waals surface area contributed by atoms with Gasteiger partial charge in [0.1, 0.15) is 0 Å². The first-order valence-electron chi connectivity index (χ1n) is 5.16. The second-order valence-electron chi connectivity index (χ2n) is 3.75. The van der Waals surface area contributed by atoms with Gasteiger partial charge in [0.15, 0.2) is 0 Å². The average molecular weight is 206 g/mol. The first kappa shape index (κ1) is 11.7. The summed E-state index contributed by atoms with van der Waals surface area (Å²) in [5, 5.41) is 2.63. The molecule has 0 spiro atoms. The fourth-order valence-electron chi connectivity index (χ4n) is 1.61. The topological polar surface area (TPSA) is 55.1 Å². The Morgan fingerprint density at radius 3 is 2.47 bits per heavy atom. The quantitative estimate of drug-likeness (QED) is 0.779. The van der Waals surface area contributed by atoms with E-state index in [2.05, 4.69) is 5.32 Å². The van der Waals surface area contributed by atoms with Crippen molar-refractivity contribution < 1.29 is 4.79 Å². The minimum Gasteiger partial charge on any atom is -0.359 e. The van der Waals surface area contributed by atoms with E-state index in [1.807, 2.05) is 37.3 Å². The van der Waals surface area contributed by atoms with E-state index >= 15 is 0 Å². The summed E-state index contributed by atoms with van der Waals surface area (Å²) in [7, 11) is 1.64. The highest BCUT2D eigenvalue weighted by atomic mass is 16.1. The summed E-state index contributed by atoms with van der Waals surface area (Å²) in [4.78, 5) is 11.3. The maximum absolute atomic E-state index is 11.3. The molecule has 0 radical (unpaired) electrons. The average Bonchev–Trinajstić information content (AvgIpc) is 2.26. The summed E-state index contributed by atoms with van der Waals surface area (Å²) in [5.74, 6) is 0.118. The lowest BCUT2D eigenvalue weighted by molar-refractivity contribution is -0.121. The van der Waals surface area contributed by atoms with Crippen LogP contribution in [0.2, 0.25) is 0 Å². The Hall–Kier alpha value is -1.35. The zero-order chi connectivity index (χ0) is 11.3. The van der Waals surface area contributed by atoms with E-state index in [9.17, 15) is 4.79 Å². The van der Waals surface area contributed by atoms with E-state index in [1.165, 1.54) is 0 Å². The van der Waals surface area contributed by atoms with Crippen molar-refractivity contribution in [1.29, 1.82) is 0 Å². The number of benzene rings is 1. The van der Waals surface area contributed by atoms with Crippen LogP contribution in [0.15, 0.2) is 30.3 Å². The number of nitrogens with two attached hydrogens (primary N) is 1. The zero-order valence-corrected chi connectivity index (χ0v) is 9.23. The van der Waals surface area contributed by atoms with Gasteiger partial charge in [0, 0.05) is 25.4 Å². The Balaban J connectivity index is 2.79. The molecule has 1 amide bonds. The van der Waals surface area contributed by atoms with Crippen LogP contribution in [-0.2, 0) is 4.79 Å². The molecule has 0 aliphatic rings. The monoisotopic (exact) mass is 206 g/mol. The molecule has 15 heavy (non-hydrogen) atoms. The van der Waals surface area contributed by atoms with Crippen molar-refractivity contribution in [3.63, 3.8) is 0 Å². The van der Waals surface area contributed by atoms with Gasteiger partial charge in [0.05, 0.1) is 0 Å². The summed E-state index contributed by atoms with van der Waals surface area (Å²) in [6.45, 7) is 1.93. The smallest absolute Gasteiger partial charge is 0.220 e. The Bertz CT molecular complexity index is 309. The van der Waals surface area contributed by atoms with Crippen LogP contribution in [0.4, 0.5) is 0 Å². The lowest BCUT2D eigenvalue weighted by atomic mass is 9.89. The van der Waals surface area contributed by atoms with Crippen molar-refractivity contribution in [2.75, 3.05) is 7.05 Å². The molecule has 1 aromatic carbocycles. The van der Waals surface area contributed by atoms with Gasteiger partial charge >= 0.3 is 0 Å². The summed E-state index contributed by atoms with van der Waals surface area (Å²) in [6, 6.07) is 9.89. The van der Waals surface area contributed by atoms with E-state index in [0.29, 0.717) is 6.42 Å². The molecule has 0 saturated heterocycles. The molecule has 0 heterocycles. The first-order chi connectivity index (χ1) is 7.15. The van der Waals surface area contributed by atoms with Crippen molar-refractivity contribution in [1.82, 2.24) is 5.32 Å². The largest absolute Gasteiger partial charge is 0.359 e. The third-order valence-electron chi connectivity index (χ3n) is 2.55. The van der Waals surface area contributed by atoms with Crippen LogP contribution in [0, 0.1) is 0 Å². The van der Waals surface area contributed by atoms with Crippen LogP contribution in [0.25, 0.3) is 0 Å². The lowest BCUT2D eigenvalue weighted by Crippen LogP contribution is -2.30. The molecule has 0 saturated carbocycles. The fourth-order valence-corrected chi connectivity index (χ4v) is 1.61. The number of amides is 1. The molecule has 1 rings (SSSR count). The van der Waals surface area contributed by atoms with Crippen LogP contribution in [0.5, 0.6) is 0 Å². The molecule has 0 aromatic heterocycles. The van der Waals surface area contributed by atoms with Gasteiger partial charge in [0.2, 0.25) is 5.91 Å². The van der Waals surface area contributed by atoms with E-state index in [1.54, 1.807) is 7.05 Å². The van der Waals surface area contributed by atoms with Crippen LogP contribution in [0.3, 0.4) is 0 Å². The Labute approximate surface area is 90.7 Å². The second kappa shape index (κ2) is 5.51. The SMILES string of the molecule is CNC(=O)C[C@H](c1ccccc1)[C@H](C)N. The zero-order valence-electron chi connectivity index (χ0n) is 9.23. The number of hydrogen-bond donors (Lipinski definition) is 2. The highest BCUT2D eigenvalue weighted by Crippen LogP contribution is 2.21. The molecule has 0 unspecified atom stereocenters. The number of nitrogens with one attached hydrogen (secondary N) is 1. The number of carbonyl (C=O) groups excluding carboxylic acids is 1. The maximum Gasteiger partial charge on any atom is 0.220 e. The van der Waals surface area contributed by atoms with E-state index < -0.39 is 0 Å². The summed E-state index contributed by atoms with van der Waals surface area (Å²) < 4.78 is 0. The molecule has 3 N–H and O–H groups in total. The molecular formula is C12H18N2O. The minimum absolute atomic E-state index is 0.0234. The van der Waals surface area contributed by atoms with Crippen molar-refractivity contribution in [2.45, 2.75) is 25.3 Å². The van der Waals surface area contributed by atoms with Gasteiger partial charge < -0.3 is 11.1 Å². The third-order valence-corrected chi connectivity index (χ3v) is 2.55. The molecule has 0 bridgehead atoms. The molecule has 0 aliphatic carbocycles. The molecule has 3 nitrogen and oxygen atoms in total. The summed E-state index contributed by atoms with van der Waals surface area (Å²) in [5.41, 5.74) is 7.01. The highest BCUT2D eigenvalue weighted by molar-refractivity contribution is 5.76. The third kappa shape index (κ3) is 3.36. The molecule has 0 fully saturated rings. The van der Waals surface area contributed by atoms with E-state index in [0.717, 1.165) is 5.56 Å². The Kier molecular flexibility index (Phi) is 4.31. The number of carbonyl (C=O) groups is 1. The van der Waals surface area contributed by atoms with Crippen LogP contribution < -0.4 is 11.1 Å². The van der Waals surface area contributed by atoms with E-state index in [4.69, 9.17) is 5.73 Å². The van der Waals surface area contributed by atoms with Crippen molar-refractivity contribution in [2.24, 2.45) is 5.73 Å². The van der Waals surface area contributed by atoms with Crippen LogP contribution in [0.1, 0.15) is 24.8 Å². The molecule has 0 aliphatic heterocycles. The molecule has 3 heteroatoms. The van der Waals surface area contributed by atoms with Gasteiger partial charge in [-0.05, 0) is 12.5 Å². The molecule has 82 valence electrons. The van der Waals surface area contributed by atoms with Crippen molar-refractivity contribution in [3.8, 4) is 0 Å². The second-order valence-corrected chi connectivity index (χ2v) is 3.75. The lowest BCUT2D eigenvalue weighted by Gasteiger charge is -2.20. The molecular weight excluding hydrogens is 188 g/mol. The number of rotatable bonds is 4. The molecule has 2 atom stereocenters. The standard InChI is InChI=1S/C12H18N2O/c1-9(13)11(8-12(15)14-2)10-6-4-3-5-7-10/h3-7,9,11H,8,13H2,1-2H3,(H,14,15)/t9-,11-/m0/s1. The van der Waals surface area contributed by atoms with Gasteiger partial charge in [-0.25, -0.2) is 0 Å². The van der Waals surface area contributed by atoms with Gasteiger partial charge in [-0.2, -0.15) is 0 Å². The van der Waals surface area contributed by atoms with Crippen molar-refractivity contribution in [3.05, 3.63) is 35.9 Å². The highest BCUT2D eigenvalue weighted by Gasteiger charge is 2.18. The Morgan fingerprint density at radius 2 is 2.00 bits per heavy atom. The molecule has 1 aromatic rings. The van der Waals surface area contributed by atoms with Crippen LogP contribution in [-0.4, -0.2) is 19.0 Å². The van der Waals surface area contributed by atoms with Gasteiger partial charge in [-0.3, -0.25) is 4.79 Å². The predicted octanol–water partition coefficient (Wildman–Crippen LogP) is 1.25. The maximum atomic E-state index is 11.3. The van der Waals surface area contributed by atoms with Crippen molar-refractivity contribution >= 4 is 5.91 Å². The van der Waals surface area contributed by atoms with E-state index in [-0.39, 0.29) is 17.9 Å². The predicted molar refractivity (Wildman–Crippen MR) is 61.5 cm³/mol. The normalized spacial score (nSPS) is 14.3. The number of hydrogen-bond acceptors (Lipinski definition) is 2. The first-order valence-corrected chi connectivity index (χ1v) is 5.16. The van der Waals surface area contributed by atoms with Gasteiger partial charge in [-0.1, -0.05) is 30.3 Å². The summed E-state index contributed by atoms with van der Waals surface area (Å²) >= 11 is 0. The fraction of sp³-hybridized carbons (Fsp3) is 0.417. The Morgan fingerprint density at radius 1 is 1.40 bits per heavy atom. The minimum atomic E-state index is -0.0234. The summed E-state index contributed by atoms with van der Waals surface area (Å²) in [6.07, 6.45) is 0.443. The van der Waals surface area contributed by atoms with Gasteiger partial charge in [0.25, 0.3) is 0 Å². The van der Waals surface area contributed by atoms with Gasteiger partial charge in [-0.15, -0.1) is 0 Å².